The molecule has 27 heavy (non-hydrogen) atoms. The van der Waals surface area contributed by atoms with Crippen LogP contribution in [-0.2, 0) is 11.3 Å². The first-order valence-electron chi connectivity index (χ1n) is 8.12. The van der Waals surface area contributed by atoms with Crippen molar-refractivity contribution in [1.29, 1.82) is 0 Å². The average molecular weight is 365 g/mol. The third-order valence-corrected chi connectivity index (χ3v) is 3.92. The highest BCUT2D eigenvalue weighted by Gasteiger charge is 2.15. The summed E-state index contributed by atoms with van der Waals surface area (Å²) >= 11 is 0. The quantitative estimate of drug-likeness (QED) is 0.577. The van der Waals surface area contributed by atoms with Gasteiger partial charge < -0.3 is 9.84 Å². The molecule has 0 saturated carbocycles. The molecule has 0 bridgehead atoms. The maximum absolute atomic E-state index is 12.6. The first kappa shape index (κ1) is 16.6. The molecule has 3 aromatic heterocycles. The summed E-state index contributed by atoms with van der Waals surface area (Å²) in [5.74, 6) is 0.417. The number of amides is 1. The van der Waals surface area contributed by atoms with E-state index in [0.29, 0.717) is 11.4 Å². The molecular weight excluding hydrogens is 350 g/mol. The van der Waals surface area contributed by atoms with Crippen LogP contribution in [0.5, 0.6) is 0 Å². The van der Waals surface area contributed by atoms with Gasteiger partial charge in [0.15, 0.2) is 17.0 Å². The van der Waals surface area contributed by atoms with E-state index in [1.165, 1.54) is 15.6 Å². The fraction of sp³-hybridized carbons (Fsp3) is 0.176. The molecule has 0 aliphatic rings. The van der Waals surface area contributed by atoms with Gasteiger partial charge in [0, 0.05) is 6.07 Å². The Morgan fingerprint density at radius 2 is 2.00 bits per heavy atom. The van der Waals surface area contributed by atoms with E-state index in [-0.39, 0.29) is 17.9 Å². The van der Waals surface area contributed by atoms with Crippen LogP contribution >= 0.6 is 0 Å². The predicted molar refractivity (Wildman–Crippen MR) is 95.5 cm³/mol. The van der Waals surface area contributed by atoms with Crippen LogP contribution in [0.25, 0.3) is 16.9 Å². The fourth-order valence-electron chi connectivity index (χ4n) is 2.58. The van der Waals surface area contributed by atoms with Gasteiger partial charge in [0.1, 0.15) is 18.6 Å². The number of carbonyl (C=O) groups is 1. The van der Waals surface area contributed by atoms with Gasteiger partial charge in [-0.1, -0.05) is 28.1 Å². The first-order chi connectivity index (χ1) is 13.0. The Kier molecular flexibility index (Phi) is 3.99. The maximum atomic E-state index is 12.6. The highest BCUT2D eigenvalue weighted by atomic mass is 16.5. The maximum Gasteiger partial charge on any atom is 0.284 e. The van der Waals surface area contributed by atoms with Crippen molar-refractivity contribution >= 4 is 22.9 Å². The van der Waals surface area contributed by atoms with Crippen molar-refractivity contribution < 1.29 is 9.32 Å². The van der Waals surface area contributed by atoms with Crippen molar-refractivity contribution in [3.63, 3.8) is 0 Å². The molecule has 0 spiro atoms. The molecule has 0 radical (unpaired) electrons. The minimum atomic E-state index is -0.454. The van der Waals surface area contributed by atoms with Gasteiger partial charge in [0.25, 0.3) is 5.56 Å². The Morgan fingerprint density at radius 3 is 2.70 bits per heavy atom. The molecule has 0 unspecified atom stereocenters. The van der Waals surface area contributed by atoms with Crippen LogP contribution in [-0.4, -0.2) is 35.6 Å². The van der Waals surface area contributed by atoms with E-state index in [2.05, 4.69) is 25.8 Å². The Balaban J connectivity index is 1.62. The summed E-state index contributed by atoms with van der Waals surface area (Å²) in [6.45, 7) is 3.46. The van der Waals surface area contributed by atoms with Crippen molar-refractivity contribution in [3.05, 3.63) is 58.3 Å². The molecule has 1 N–H and O–H groups in total. The smallest absolute Gasteiger partial charge is 0.284 e. The second kappa shape index (κ2) is 6.48. The SMILES string of the molecule is Cc1ccc(-n2nnc3c(=O)n(CC(=O)Nc4cc(C)on4)cnc32)cc1. The number of nitrogens with zero attached hydrogens (tertiary/aromatic N) is 6. The summed E-state index contributed by atoms with van der Waals surface area (Å²) in [6, 6.07) is 9.17. The third-order valence-electron chi connectivity index (χ3n) is 3.92. The lowest BCUT2D eigenvalue weighted by Crippen LogP contribution is -2.28. The highest BCUT2D eigenvalue weighted by molar-refractivity contribution is 5.89. The molecule has 1 aromatic carbocycles. The summed E-state index contributed by atoms with van der Waals surface area (Å²) < 4.78 is 7.53. The molecular formula is C17H15N7O3. The summed E-state index contributed by atoms with van der Waals surface area (Å²) in [6.07, 6.45) is 1.30. The number of nitrogens with one attached hydrogen (secondary N) is 1. The van der Waals surface area contributed by atoms with Crippen LogP contribution in [0.2, 0.25) is 0 Å². The zero-order valence-electron chi connectivity index (χ0n) is 14.6. The molecule has 4 rings (SSSR count). The number of anilines is 1. The Hall–Kier alpha value is -3.82. The fourth-order valence-corrected chi connectivity index (χ4v) is 2.58. The zero-order valence-corrected chi connectivity index (χ0v) is 14.6. The summed E-state index contributed by atoms with van der Waals surface area (Å²) in [5.41, 5.74) is 1.80. The Bertz CT molecular complexity index is 1190. The van der Waals surface area contributed by atoms with Gasteiger partial charge in [-0.05, 0) is 26.0 Å². The average Bonchev–Trinajstić information content (AvgIpc) is 3.25. The van der Waals surface area contributed by atoms with Crippen LogP contribution < -0.4 is 10.9 Å². The van der Waals surface area contributed by atoms with Crippen molar-refractivity contribution in [2.24, 2.45) is 0 Å². The minimum absolute atomic E-state index is 0.0863. The van der Waals surface area contributed by atoms with Crippen molar-refractivity contribution in [3.8, 4) is 5.69 Å². The molecule has 0 aliphatic carbocycles. The standard InChI is InChI=1S/C17H15N7O3/c1-10-3-5-12(6-4-10)24-16-15(20-22-24)17(26)23(9-18-16)8-14(25)19-13-7-11(2)27-21-13/h3-7,9H,8H2,1-2H3,(H,19,21,25). The topological polar surface area (TPSA) is 121 Å². The number of hydrogen-bond acceptors (Lipinski definition) is 7. The Morgan fingerprint density at radius 1 is 1.22 bits per heavy atom. The number of rotatable bonds is 4. The van der Waals surface area contributed by atoms with Gasteiger partial charge >= 0.3 is 0 Å². The number of benzene rings is 1. The first-order valence-corrected chi connectivity index (χ1v) is 8.12. The van der Waals surface area contributed by atoms with Gasteiger partial charge in [0.2, 0.25) is 5.91 Å². The van der Waals surface area contributed by atoms with Crippen LogP contribution in [0.15, 0.2) is 46.0 Å². The monoisotopic (exact) mass is 365 g/mol. The van der Waals surface area contributed by atoms with E-state index in [1.54, 1.807) is 13.0 Å². The molecule has 1 amide bonds. The number of carbonyl (C=O) groups excluding carboxylic acids is 1. The van der Waals surface area contributed by atoms with Crippen LogP contribution in [0.3, 0.4) is 0 Å². The second-order valence-corrected chi connectivity index (χ2v) is 6.06. The summed E-state index contributed by atoms with van der Waals surface area (Å²) in [7, 11) is 0. The lowest BCUT2D eigenvalue weighted by molar-refractivity contribution is -0.116. The van der Waals surface area contributed by atoms with Gasteiger partial charge in [-0.2, -0.15) is 4.68 Å². The van der Waals surface area contributed by atoms with Crippen molar-refractivity contribution in [2.75, 3.05) is 5.32 Å². The van der Waals surface area contributed by atoms with E-state index in [1.807, 2.05) is 31.2 Å². The molecule has 4 aromatic rings. The number of aromatic nitrogens is 6. The molecule has 136 valence electrons. The molecule has 0 atom stereocenters. The molecule has 0 fully saturated rings. The molecule has 10 nitrogen and oxygen atoms in total. The van der Waals surface area contributed by atoms with Gasteiger partial charge in [-0.3, -0.25) is 14.2 Å². The van der Waals surface area contributed by atoms with E-state index < -0.39 is 11.5 Å². The van der Waals surface area contributed by atoms with E-state index in [0.717, 1.165) is 11.3 Å². The summed E-state index contributed by atoms with van der Waals surface area (Å²) in [5, 5.41) is 14.2. The normalized spacial score (nSPS) is 11.0. The summed E-state index contributed by atoms with van der Waals surface area (Å²) in [4.78, 5) is 29.0. The van der Waals surface area contributed by atoms with Gasteiger partial charge in [-0.25, -0.2) is 4.98 Å². The molecule has 0 saturated heterocycles. The number of fused-ring (bicyclic) bond motifs is 1. The molecule has 0 aliphatic heterocycles. The van der Waals surface area contributed by atoms with Gasteiger partial charge in [0.05, 0.1) is 5.69 Å². The van der Waals surface area contributed by atoms with Crippen LogP contribution in [0.1, 0.15) is 11.3 Å². The van der Waals surface area contributed by atoms with Crippen LogP contribution in [0, 0.1) is 13.8 Å². The van der Waals surface area contributed by atoms with Crippen molar-refractivity contribution in [1.82, 2.24) is 29.7 Å². The Labute approximate surface area is 152 Å². The molecule has 10 heteroatoms. The second-order valence-electron chi connectivity index (χ2n) is 6.06. The van der Waals surface area contributed by atoms with Crippen molar-refractivity contribution in [2.45, 2.75) is 20.4 Å². The van der Waals surface area contributed by atoms with E-state index in [9.17, 15) is 9.59 Å². The highest BCUT2D eigenvalue weighted by Crippen LogP contribution is 2.12. The number of aryl methyl sites for hydroxylation is 2. The lowest BCUT2D eigenvalue weighted by Gasteiger charge is -2.05. The zero-order chi connectivity index (χ0) is 19.0. The largest absolute Gasteiger partial charge is 0.360 e. The predicted octanol–water partition coefficient (Wildman–Crippen LogP) is 1.22. The van der Waals surface area contributed by atoms with Crippen LogP contribution in [0.4, 0.5) is 5.82 Å². The lowest BCUT2D eigenvalue weighted by atomic mass is 10.2. The van der Waals surface area contributed by atoms with E-state index >= 15 is 0 Å². The molecule has 3 heterocycles. The minimum Gasteiger partial charge on any atom is -0.360 e. The third kappa shape index (κ3) is 3.19. The van der Waals surface area contributed by atoms with Gasteiger partial charge in [-0.15, -0.1) is 5.10 Å². The van der Waals surface area contributed by atoms with E-state index in [4.69, 9.17) is 4.52 Å². The number of hydrogen-bond donors (Lipinski definition) is 1.